The van der Waals surface area contributed by atoms with Gasteiger partial charge in [0.25, 0.3) is 0 Å². The highest BCUT2D eigenvalue weighted by atomic mass is 127. The minimum Gasteiger partial charge on any atom is -0.370 e. The summed E-state index contributed by atoms with van der Waals surface area (Å²) in [7, 11) is 4.38. The second-order valence-corrected chi connectivity index (χ2v) is 9.75. The molecule has 2 fully saturated rings. The van der Waals surface area contributed by atoms with Crippen LogP contribution in [0.2, 0.25) is 0 Å². The van der Waals surface area contributed by atoms with Crippen molar-refractivity contribution in [1.82, 2.24) is 9.80 Å². The van der Waals surface area contributed by atoms with Crippen molar-refractivity contribution in [2.45, 2.75) is 56.0 Å². The molecule has 2 aliphatic rings. The highest BCUT2D eigenvalue weighted by Gasteiger charge is 2.21. The first-order valence-corrected chi connectivity index (χ1v) is 11.0. The Morgan fingerprint density at radius 1 is 1.00 bits per heavy atom. The average molecular weight is 457 g/mol. The van der Waals surface area contributed by atoms with Gasteiger partial charge in [-0.1, -0.05) is 40.3 Å². The number of aryl methyl sites for hydroxylation is 1. The lowest BCUT2D eigenvalue weighted by Gasteiger charge is -2.37. The van der Waals surface area contributed by atoms with Gasteiger partial charge in [0.15, 0.2) is 0 Å². The third-order valence-electron chi connectivity index (χ3n) is 5.49. The van der Waals surface area contributed by atoms with E-state index < -0.39 is 0 Å². The summed E-state index contributed by atoms with van der Waals surface area (Å²) < 4.78 is 0.832. The molecule has 25 heavy (non-hydrogen) atoms. The molecule has 2 saturated heterocycles. The van der Waals surface area contributed by atoms with Crippen LogP contribution in [0.15, 0.2) is 24.3 Å². The van der Waals surface area contributed by atoms with Crippen molar-refractivity contribution in [1.29, 1.82) is 0 Å². The predicted octanol–water partition coefficient (Wildman–Crippen LogP) is 4.43. The van der Waals surface area contributed by atoms with E-state index in [0.29, 0.717) is 0 Å². The second-order valence-electron chi connectivity index (χ2n) is 7.99. The van der Waals surface area contributed by atoms with Gasteiger partial charge < -0.3 is 14.7 Å². The molecule has 1 atom stereocenters. The van der Waals surface area contributed by atoms with E-state index in [1.165, 1.54) is 56.7 Å². The van der Waals surface area contributed by atoms with E-state index in [9.17, 15) is 0 Å². The van der Waals surface area contributed by atoms with Crippen molar-refractivity contribution < 1.29 is 0 Å². The van der Waals surface area contributed by atoms with Gasteiger partial charge in [-0.25, -0.2) is 0 Å². The Labute approximate surface area is 168 Å². The van der Waals surface area contributed by atoms with Crippen LogP contribution in [0.3, 0.4) is 0 Å². The molecule has 0 N–H and O–H groups in total. The molecule has 3 rings (SSSR count). The van der Waals surface area contributed by atoms with Crippen LogP contribution in [0, 0.1) is 6.92 Å². The zero-order valence-corrected chi connectivity index (χ0v) is 18.9. The van der Waals surface area contributed by atoms with Gasteiger partial charge in [0.05, 0.1) is 0 Å². The maximum Gasteiger partial charge on any atom is 0.0366 e. The lowest BCUT2D eigenvalue weighted by molar-refractivity contribution is 0.121. The number of benzene rings is 1. The van der Waals surface area contributed by atoms with Crippen molar-refractivity contribution in [2.75, 3.05) is 45.2 Å². The Hall–Kier alpha value is -0.330. The van der Waals surface area contributed by atoms with Gasteiger partial charge in [-0.05, 0) is 79.4 Å². The number of hydrogen-bond acceptors (Lipinski definition) is 3. The minimum absolute atomic E-state index is 0.730. The molecule has 0 aliphatic carbocycles. The molecule has 0 amide bonds. The molecular weight excluding hydrogens is 421 g/mol. The molecule has 0 aromatic heterocycles. The number of likely N-dealkylation sites (tertiary alicyclic amines) is 1. The second kappa shape index (κ2) is 10.1. The van der Waals surface area contributed by atoms with Crippen molar-refractivity contribution in [3.8, 4) is 0 Å². The molecule has 142 valence electrons. The number of rotatable bonds is 3. The van der Waals surface area contributed by atoms with Crippen LogP contribution in [0.25, 0.3) is 0 Å². The first kappa shape index (κ1) is 21.0. The molecule has 1 unspecified atom stereocenters. The molecule has 1 aromatic rings. The molecule has 1 aromatic carbocycles. The quantitative estimate of drug-likeness (QED) is 0.491. The van der Waals surface area contributed by atoms with Crippen LogP contribution >= 0.6 is 22.6 Å². The Morgan fingerprint density at radius 3 is 2.04 bits per heavy atom. The Kier molecular flexibility index (Phi) is 8.49. The summed E-state index contributed by atoms with van der Waals surface area (Å²) in [6.45, 7) is 11.7. The largest absolute Gasteiger partial charge is 0.370 e. The molecular formula is C21H36IN3. The van der Waals surface area contributed by atoms with Gasteiger partial charge in [0.1, 0.15) is 0 Å². The topological polar surface area (TPSA) is 9.72 Å². The summed E-state index contributed by atoms with van der Waals surface area (Å²) in [5.74, 6) is 0. The van der Waals surface area contributed by atoms with Crippen LogP contribution in [0.5, 0.6) is 0 Å². The summed E-state index contributed by atoms with van der Waals surface area (Å²) in [4.78, 5) is 7.40. The number of alkyl halides is 1. The van der Waals surface area contributed by atoms with Crippen LogP contribution < -0.4 is 4.90 Å². The fourth-order valence-corrected chi connectivity index (χ4v) is 4.38. The Morgan fingerprint density at radius 2 is 1.60 bits per heavy atom. The predicted molar refractivity (Wildman–Crippen MR) is 119 cm³/mol. The number of nitrogens with zero attached hydrogens (tertiary/aromatic N) is 3. The van der Waals surface area contributed by atoms with Crippen molar-refractivity contribution in [2.24, 2.45) is 0 Å². The Balaban J connectivity index is 0.000000181. The molecule has 2 heterocycles. The molecule has 0 saturated carbocycles. The van der Waals surface area contributed by atoms with Crippen molar-refractivity contribution in [3.05, 3.63) is 29.8 Å². The molecule has 4 heteroatoms. The van der Waals surface area contributed by atoms with Crippen molar-refractivity contribution in [3.63, 3.8) is 0 Å². The number of anilines is 1. The summed E-state index contributed by atoms with van der Waals surface area (Å²) in [6, 6.07) is 10.4. The van der Waals surface area contributed by atoms with Gasteiger partial charge in [-0.2, -0.15) is 0 Å². The lowest BCUT2D eigenvalue weighted by atomic mass is 10.0. The highest BCUT2D eigenvalue weighted by molar-refractivity contribution is 14.1. The fraction of sp³-hybridized carbons (Fsp3) is 0.714. The van der Waals surface area contributed by atoms with Gasteiger partial charge >= 0.3 is 0 Å². The SMILES string of the molecule is CC(C)N1CCC(N(C)C)CC1.Cc1ccc(N2CCC(I)C2)cc1. The van der Waals surface area contributed by atoms with E-state index in [2.05, 4.69) is 96.4 Å². The summed E-state index contributed by atoms with van der Waals surface area (Å²) >= 11 is 2.54. The van der Waals surface area contributed by atoms with Gasteiger partial charge in [0, 0.05) is 34.8 Å². The zero-order valence-electron chi connectivity index (χ0n) is 16.7. The third-order valence-corrected chi connectivity index (χ3v) is 6.51. The minimum atomic E-state index is 0.730. The monoisotopic (exact) mass is 457 g/mol. The normalized spacial score (nSPS) is 22.4. The first-order valence-electron chi connectivity index (χ1n) is 9.73. The van der Waals surface area contributed by atoms with Crippen LogP contribution in [-0.2, 0) is 0 Å². The standard InChI is InChI=1S/C11H14IN.C10H22N2/c1-9-2-4-11(5-3-9)13-7-6-10(12)8-13;1-9(2)12-7-5-10(6-8-12)11(3)4/h2-5,10H,6-8H2,1H3;9-10H,5-8H2,1-4H3. The number of piperidine rings is 1. The van der Waals surface area contributed by atoms with Gasteiger partial charge in [0.2, 0.25) is 0 Å². The van der Waals surface area contributed by atoms with E-state index in [4.69, 9.17) is 0 Å². The zero-order chi connectivity index (χ0) is 18.4. The lowest BCUT2D eigenvalue weighted by Crippen LogP contribution is -2.44. The van der Waals surface area contributed by atoms with Gasteiger partial charge in [-0.15, -0.1) is 0 Å². The van der Waals surface area contributed by atoms with Crippen molar-refractivity contribution >= 4 is 28.3 Å². The molecule has 0 bridgehead atoms. The van der Waals surface area contributed by atoms with Crippen LogP contribution in [0.4, 0.5) is 5.69 Å². The average Bonchev–Trinajstić information content (AvgIpc) is 3.02. The summed E-state index contributed by atoms with van der Waals surface area (Å²) in [6.07, 6.45) is 4.00. The van der Waals surface area contributed by atoms with E-state index in [1.54, 1.807) is 0 Å². The summed E-state index contributed by atoms with van der Waals surface area (Å²) in [5, 5.41) is 0. The maximum atomic E-state index is 2.57. The van der Waals surface area contributed by atoms with E-state index >= 15 is 0 Å². The molecule has 0 spiro atoms. The fourth-order valence-electron chi connectivity index (χ4n) is 3.63. The summed E-state index contributed by atoms with van der Waals surface area (Å²) in [5.41, 5.74) is 2.72. The molecule has 3 nitrogen and oxygen atoms in total. The van der Waals surface area contributed by atoms with Gasteiger partial charge in [-0.3, -0.25) is 0 Å². The first-order chi connectivity index (χ1) is 11.9. The van der Waals surface area contributed by atoms with E-state index in [0.717, 1.165) is 16.0 Å². The number of halogens is 1. The van der Waals surface area contributed by atoms with Crippen LogP contribution in [-0.4, -0.2) is 66.1 Å². The molecule has 2 aliphatic heterocycles. The molecule has 0 radical (unpaired) electrons. The highest BCUT2D eigenvalue weighted by Crippen LogP contribution is 2.24. The van der Waals surface area contributed by atoms with E-state index in [-0.39, 0.29) is 0 Å². The number of hydrogen-bond donors (Lipinski definition) is 0. The van der Waals surface area contributed by atoms with E-state index in [1.807, 2.05) is 0 Å². The third kappa shape index (κ3) is 6.72. The Bertz CT molecular complexity index is 476. The maximum absolute atomic E-state index is 2.57. The van der Waals surface area contributed by atoms with Crippen LogP contribution in [0.1, 0.15) is 38.7 Å². The smallest absolute Gasteiger partial charge is 0.0366 e.